The third-order valence-electron chi connectivity index (χ3n) is 3.03. The van der Waals surface area contributed by atoms with E-state index < -0.39 is 12.5 Å². The van der Waals surface area contributed by atoms with Gasteiger partial charge in [0.25, 0.3) is 5.91 Å². The van der Waals surface area contributed by atoms with Crippen molar-refractivity contribution in [3.63, 3.8) is 0 Å². The number of hydrogen-bond acceptors (Lipinski definition) is 5. The molecule has 136 valence electrons. The topological polar surface area (TPSA) is 80.6 Å². The van der Waals surface area contributed by atoms with E-state index in [2.05, 4.69) is 10.1 Å². The number of carbonyl (C=O) groups is 1. The molecule has 0 saturated heterocycles. The molecule has 1 aromatic carbocycles. The molecule has 1 N–H and O–H groups in total. The molecule has 0 aliphatic carbocycles. The summed E-state index contributed by atoms with van der Waals surface area (Å²) >= 11 is 0. The number of alkyl halides is 2. The van der Waals surface area contributed by atoms with Gasteiger partial charge in [0, 0.05) is 19.8 Å². The Morgan fingerprint density at radius 2 is 2.16 bits per heavy atom. The van der Waals surface area contributed by atoms with E-state index in [1.165, 1.54) is 31.4 Å². The van der Waals surface area contributed by atoms with Gasteiger partial charge in [0.15, 0.2) is 11.5 Å². The fraction of sp³-hybridized carbons (Fsp3) is 0.412. The first kappa shape index (κ1) is 20.4. The van der Waals surface area contributed by atoms with Crippen LogP contribution in [0.2, 0.25) is 0 Å². The number of nitriles is 1. The lowest BCUT2D eigenvalue weighted by Crippen LogP contribution is -2.26. The smallest absolute Gasteiger partial charge is 0.387 e. The van der Waals surface area contributed by atoms with Crippen LogP contribution < -0.4 is 14.8 Å². The minimum Gasteiger partial charge on any atom is -0.493 e. The number of ether oxygens (including phenoxy) is 3. The third-order valence-corrected chi connectivity index (χ3v) is 3.03. The summed E-state index contributed by atoms with van der Waals surface area (Å²) in [4.78, 5) is 12.0. The van der Waals surface area contributed by atoms with Crippen LogP contribution in [0.25, 0.3) is 6.08 Å². The standard InChI is InChI=1S/C17H20F2N2O4/c1-3-24-8-4-7-21-16(22)13(11-20)9-12-5-6-14(25-17(18)19)15(10-12)23-2/h5-6,9-10,17H,3-4,7-8H2,1-2H3,(H,21,22)/b13-9+. The van der Waals surface area contributed by atoms with Gasteiger partial charge in [-0.05, 0) is 37.1 Å². The van der Waals surface area contributed by atoms with Crippen LogP contribution in [0.15, 0.2) is 23.8 Å². The largest absolute Gasteiger partial charge is 0.493 e. The Labute approximate surface area is 145 Å². The quantitative estimate of drug-likeness (QED) is 0.397. The SMILES string of the molecule is CCOCCCNC(=O)/C(C#N)=C/c1ccc(OC(F)F)c(OC)c1. The lowest BCUT2D eigenvalue weighted by molar-refractivity contribution is -0.117. The van der Waals surface area contributed by atoms with Crippen LogP contribution in [-0.2, 0) is 9.53 Å². The number of nitrogens with zero attached hydrogens (tertiary/aromatic N) is 1. The first-order chi connectivity index (χ1) is 12.0. The van der Waals surface area contributed by atoms with Crippen molar-refractivity contribution in [3.05, 3.63) is 29.3 Å². The van der Waals surface area contributed by atoms with Crippen molar-refractivity contribution in [2.75, 3.05) is 26.9 Å². The lowest BCUT2D eigenvalue weighted by Gasteiger charge is -2.10. The molecule has 8 heteroatoms. The highest BCUT2D eigenvalue weighted by Gasteiger charge is 2.12. The van der Waals surface area contributed by atoms with E-state index in [9.17, 15) is 13.6 Å². The molecular formula is C17H20F2N2O4. The highest BCUT2D eigenvalue weighted by molar-refractivity contribution is 6.01. The molecule has 0 aromatic heterocycles. The van der Waals surface area contributed by atoms with Crippen LogP contribution in [0.5, 0.6) is 11.5 Å². The van der Waals surface area contributed by atoms with Crippen molar-refractivity contribution in [2.45, 2.75) is 20.0 Å². The average Bonchev–Trinajstić information content (AvgIpc) is 2.59. The van der Waals surface area contributed by atoms with Gasteiger partial charge in [-0.1, -0.05) is 6.07 Å². The monoisotopic (exact) mass is 354 g/mol. The number of halogens is 2. The average molecular weight is 354 g/mol. The highest BCUT2D eigenvalue weighted by atomic mass is 19.3. The molecule has 0 aliphatic rings. The van der Waals surface area contributed by atoms with E-state index >= 15 is 0 Å². The fourth-order valence-electron chi connectivity index (χ4n) is 1.90. The minimum atomic E-state index is -2.98. The first-order valence-electron chi connectivity index (χ1n) is 7.62. The van der Waals surface area contributed by atoms with Crippen molar-refractivity contribution in [1.29, 1.82) is 5.26 Å². The summed E-state index contributed by atoms with van der Waals surface area (Å²) in [7, 11) is 1.30. The van der Waals surface area contributed by atoms with Crippen LogP contribution in [0.1, 0.15) is 18.9 Å². The van der Waals surface area contributed by atoms with Crippen LogP contribution in [-0.4, -0.2) is 39.4 Å². The second-order valence-electron chi connectivity index (χ2n) is 4.76. The Morgan fingerprint density at radius 1 is 1.40 bits per heavy atom. The van der Waals surface area contributed by atoms with E-state index in [1.807, 2.05) is 13.0 Å². The Balaban J connectivity index is 2.80. The summed E-state index contributed by atoms with van der Waals surface area (Å²) in [6.45, 7) is 0.395. The first-order valence-corrected chi connectivity index (χ1v) is 7.62. The summed E-state index contributed by atoms with van der Waals surface area (Å²) in [6.07, 6.45) is 1.97. The Morgan fingerprint density at radius 3 is 2.76 bits per heavy atom. The normalized spacial score (nSPS) is 11.1. The van der Waals surface area contributed by atoms with Gasteiger partial charge in [0.2, 0.25) is 0 Å². The summed E-state index contributed by atoms with van der Waals surface area (Å²) in [5.74, 6) is -0.581. The van der Waals surface area contributed by atoms with E-state index in [4.69, 9.17) is 14.7 Å². The molecular weight excluding hydrogens is 334 g/mol. The Kier molecular flexibility index (Phi) is 8.96. The van der Waals surface area contributed by atoms with Crippen molar-refractivity contribution in [3.8, 4) is 17.6 Å². The van der Waals surface area contributed by atoms with Crippen LogP contribution in [0.4, 0.5) is 8.78 Å². The van der Waals surface area contributed by atoms with Crippen LogP contribution in [0, 0.1) is 11.3 Å². The molecule has 25 heavy (non-hydrogen) atoms. The lowest BCUT2D eigenvalue weighted by atomic mass is 10.1. The number of methoxy groups -OCH3 is 1. The molecule has 0 spiro atoms. The molecule has 0 atom stereocenters. The van der Waals surface area contributed by atoms with E-state index in [1.54, 1.807) is 0 Å². The molecule has 0 unspecified atom stereocenters. The van der Waals surface area contributed by atoms with Crippen molar-refractivity contribution >= 4 is 12.0 Å². The maximum Gasteiger partial charge on any atom is 0.387 e. The molecule has 0 radical (unpaired) electrons. The minimum absolute atomic E-state index is 0.0727. The van der Waals surface area contributed by atoms with Gasteiger partial charge in [-0.25, -0.2) is 0 Å². The molecule has 0 aliphatic heterocycles. The van der Waals surface area contributed by atoms with Gasteiger partial charge in [0.05, 0.1) is 7.11 Å². The summed E-state index contributed by atoms with van der Waals surface area (Å²) in [5.41, 5.74) is 0.334. The van der Waals surface area contributed by atoms with Gasteiger partial charge >= 0.3 is 6.61 Å². The molecule has 1 aromatic rings. The van der Waals surface area contributed by atoms with Crippen molar-refractivity contribution < 1.29 is 27.8 Å². The van der Waals surface area contributed by atoms with Crippen molar-refractivity contribution in [1.82, 2.24) is 5.32 Å². The summed E-state index contributed by atoms with van der Waals surface area (Å²) < 4.78 is 39.1. The second kappa shape index (κ2) is 11.0. The Bertz CT molecular complexity index is 642. The molecule has 0 heterocycles. The fourth-order valence-corrected chi connectivity index (χ4v) is 1.90. The van der Waals surface area contributed by atoms with E-state index in [-0.39, 0.29) is 17.1 Å². The Hall–Kier alpha value is -2.66. The maximum atomic E-state index is 12.3. The molecule has 6 nitrogen and oxygen atoms in total. The zero-order chi connectivity index (χ0) is 18.7. The number of benzene rings is 1. The van der Waals surface area contributed by atoms with Gasteiger partial charge in [-0.2, -0.15) is 14.0 Å². The third kappa shape index (κ3) is 7.18. The van der Waals surface area contributed by atoms with Gasteiger partial charge in [0.1, 0.15) is 11.6 Å². The number of amides is 1. The molecule has 0 saturated carbocycles. The number of carbonyl (C=O) groups excluding carboxylic acids is 1. The zero-order valence-corrected chi connectivity index (χ0v) is 14.1. The highest BCUT2D eigenvalue weighted by Crippen LogP contribution is 2.30. The maximum absolute atomic E-state index is 12.3. The predicted molar refractivity (Wildman–Crippen MR) is 87.3 cm³/mol. The van der Waals surface area contributed by atoms with E-state index in [0.29, 0.717) is 31.7 Å². The molecule has 1 amide bonds. The van der Waals surface area contributed by atoms with Crippen LogP contribution >= 0.6 is 0 Å². The van der Waals surface area contributed by atoms with Gasteiger partial charge < -0.3 is 19.5 Å². The van der Waals surface area contributed by atoms with Gasteiger partial charge in [-0.3, -0.25) is 4.79 Å². The van der Waals surface area contributed by atoms with Crippen molar-refractivity contribution in [2.24, 2.45) is 0 Å². The molecule has 0 bridgehead atoms. The van der Waals surface area contributed by atoms with Gasteiger partial charge in [-0.15, -0.1) is 0 Å². The summed E-state index contributed by atoms with van der Waals surface area (Å²) in [5, 5.41) is 11.8. The number of nitrogens with one attached hydrogen (secondary N) is 1. The zero-order valence-electron chi connectivity index (χ0n) is 14.1. The van der Waals surface area contributed by atoms with Crippen LogP contribution in [0.3, 0.4) is 0 Å². The second-order valence-corrected chi connectivity index (χ2v) is 4.76. The molecule has 1 rings (SSSR count). The van der Waals surface area contributed by atoms with E-state index in [0.717, 1.165) is 0 Å². The summed E-state index contributed by atoms with van der Waals surface area (Å²) in [6, 6.07) is 5.94. The number of hydrogen-bond donors (Lipinski definition) is 1. The predicted octanol–water partition coefficient (Wildman–Crippen LogP) is 2.75. The number of rotatable bonds is 10. The molecule has 0 fully saturated rings.